The molecule has 1 aromatic heterocycles. The molecule has 7 nitrogen and oxygen atoms in total. The maximum absolute atomic E-state index is 12.6. The first-order valence-corrected chi connectivity index (χ1v) is 10.6. The summed E-state index contributed by atoms with van der Waals surface area (Å²) in [6, 6.07) is 10.0. The third-order valence-corrected chi connectivity index (χ3v) is 6.29. The predicted octanol–water partition coefficient (Wildman–Crippen LogP) is 3.16. The first kappa shape index (κ1) is 19.6. The molecular weight excluding hydrogens is 382 g/mol. The van der Waals surface area contributed by atoms with Crippen LogP contribution >= 0.6 is 23.1 Å². The summed E-state index contributed by atoms with van der Waals surface area (Å²) in [7, 11) is 3.45. The van der Waals surface area contributed by atoms with E-state index in [1.54, 1.807) is 35.7 Å². The van der Waals surface area contributed by atoms with Crippen molar-refractivity contribution in [2.24, 2.45) is 5.92 Å². The van der Waals surface area contributed by atoms with Gasteiger partial charge in [-0.1, -0.05) is 29.5 Å². The molecule has 0 bridgehead atoms. The lowest BCUT2D eigenvalue weighted by Crippen LogP contribution is -2.47. The van der Waals surface area contributed by atoms with E-state index < -0.39 is 0 Å². The molecule has 1 N–H and O–H groups in total. The van der Waals surface area contributed by atoms with Gasteiger partial charge in [0.15, 0.2) is 0 Å². The van der Waals surface area contributed by atoms with Gasteiger partial charge in [-0.05, 0) is 25.0 Å². The summed E-state index contributed by atoms with van der Waals surface area (Å²) in [5, 5.41) is 12.5. The highest BCUT2D eigenvalue weighted by atomic mass is 32.2. The van der Waals surface area contributed by atoms with Crippen molar-refractivity contribution < 1.29 is 9.59 Å². The van der Waals surface area contributed by atoms with Crippen LogP contribution in [0.3, 0.4) is 0 Å². The second kappa shape index (κ2) is 9.18. The van der Waals surface area contributed by atoms with Gasteiger partial charge in [-0.2, -0.15) is 0 Å². The van der Waals surface area contributed by atoms with Crippen LogP contribution in [0.1, 0.15) is 17.8 Å². The largest absolute Gasteiger partial charge is 0.331 e. The van der Waals surface area contributed by atoms with E-state index in [4.69, 9.17) is 0 Å². The third kappa shape index (κ3) is 5.43. The fourth-order valence-corrected chi connectivity index (χ4v) is 4.53. The van der Waals surface area contributed by atoms with Crippen molar-refractivity contribution >= 4 is 40.2 Å². The number of anilines is 1. The van der Waals surface area contributed by atoms with Crippen molar-refractivity contribution in [3.8, 4) is 0 Å². The molecule has 1 saturated heterocycles. The molecule has 9 heteroatoms. The Kier molecular flexibility index (Phi) is 6.68. The highest BCUT2D eigenvalue weighted by molar-refractivity contribution is 7.98. The highest BCUT2D eigenvalue weighted by Gasteiger charge is 2.29. The molecule has 2 aromatic rings. The number of piperidine rings is 1. The van der Waals surface area contributed by atoms with Gasteiger partial charge in [0.05, 0.1) is 11.7 Å². The highest BCUT2D eigenvalue weighted by Crippen LogP contribution is 2.26. The van der Waals surface area contributed by atoms with Crippen molar-refractivity contribution in [3.05, 3.63) is 35.3 Å². The van der Waals surface area contributed by atoms with Gasteiger partial charge in [0.25, 0.3) is 0 Å². The molecule has 0 saturated carbocycles. The molecule has 27 heavy (non-hydrogen) atoms. The van der Waals surface area contributed by atoms with E-state index in [2.05, 4.69) is 27.6 Å². The lowest BCUT2D eigenvalue weighted by atomic mass is 9.97. The molecule has 0 spiro atoms. The van der Waals surface area contributed by atoms with E-state index in [1.165, 1.54) is 16.2 Å². The Labute approximate surface area is 167 Å². The normalized spacial score (nSPS) is 16.8. The summed E-state index contributed by atoms with van der Waals surface area (Å²) >= 11 is 3.08. The number of nitrogens with zero attached hydrogens (tertiary/aromatic N) is 4. The molecule has 1 fully saturated rings. The molecule has 1 unspecified atom stereocenters. The quantitative estimate of drug-likeness (QED) is 0.773. The summed E-state index contributed by atoms with van der Waals surface area (Å²) in [5.41, 5.74) is 0. The first-order chi connectivity index (χ1) is 13.0. The number of benzene rings is 1. The van der Waals surface area contributed by atoms with Crippen molar-refractivity contribution in [2.45, 2.75) is 23.5 Å². The number of hydrogen-bond donors (Lipinski definition) is 1. The number of amides is 3. The second-order valence-electron chi connectivity index (χ2n) is 6.55. The van der Waals surface area contributed by atoms with Gasteiger partial charge in [-0.25, -0.2) is 4.79 Å². The number of hydrogen-bond acceptors (Lipinski definition) is 6. The van der Waals surface area contributed by atoms with Gasteiger partial charge in [0.2, 0.25) is 11.0 Å². The monoisotopic (exact) mass is 405 g/mol. The van der Waals surface area contributed by atoms with Crippen LogP contribution in [0.25, 0.3) is 0 Å². The van der Waals surface area contributed by atoms with Crippen LogP contribution in [0.15, 0.2) is 35.2 Å². The smallest absolute Gasteiger partial charge is 0.319 e. The zero-order chi connectivity index (χ0) is 19.2. The Bertz CT molecular complexity index is 781. The fourth-order valence-electron chi connectivity index (χ4n) is 2.88. The van der Waals surface area contributed by atoms with Gasteiger partial charge < -0.3 is 15.1 Å². The average molecular weight is 406 g/mol. The molecular formula is C18H23N5O2S2. The van der Waals surface area contributed by atoms with Crippen LogP contribution in [-0.2, 0) is 10.5 Å². The summed E-state index contributed by atoms with van der Waals surface area (Å²) in [5.74, 6) is 0.407. The van der Waals surface area contributed by atoms with Crippen LogP contribution in [0.2, 0.25) is 0 Å². The summed E-state index contributed by atoms with van der Waals surface area (Å²) < 4.78 is 0. The SMILES string of the molecule is CN(C)C(=O)N1CCCC(C(=O)Nc2nnc(CSc3ccccc3)s2)C1. The third-order valence-electron chi connectivity index (χ3n) is 4.25. The van der Waals surface area contributed by atoms with Crippen molar-refractivity contribution in [2.75, 3.05) is 32.5 Å². The molecule has 0 radical (unpaired) electrons. The van der Waals surface area contributed by atoms with Gasteiger partial charge in [0, 0.05) is 32.1 Å². The molecule has 2 heterocycles. The zero-order valence-electron chi connectivity index (χ0n) is 15.4. The zero-order valence-corrected chi connectivity index (χ0v) is 17.1. The van der Waals surface area contributed by atoms with Crippen molar-refractivity contribution in [3.63, 3.8) is 0 Å². The Hall–Kier alpha value is -2.13. The average Bonchev–Trinajstić information content (AvgIpc) is 3.14. The topological polar surface area (TPSA) is 78.4 Å². The Morgan fingerprint density at radius 2 is 2.07 bits per heavy atom. The second-order valence-corrected chi connectivity index (χ2v) is 8.66. The maximum atomic E-state index is 12.6. The van der Waals surface area contributed by atoms with Crippen molar-refractivity contribution in [1.82, 2.24) is 20.0 Å². The molecule has 1 aliphatic rings. The standard InChI is InChI=1S/C18H23N5O2S2/c1-22(2)18(25)23-10-6-7-13(11-23)16(24)19-17-21-20-15(27-17)12-26-14-8-4-3-5-9-14/h3-5,8-9,13H,6-7,10-12H2,1-2H3,(H,19,21,24). The van der Waals surface area contributed by atoms with Crippen molar-refractivity contribution in [1.29, 1.82) is 0 Å². The van der Waals surface area contributed by atoms with E-state index >= 15 is 0 Å². The number of thioether (sulfide) groups is 1. The van der Waals surface area contributed by atoms with Gasteiger partial charge in [-0.3, -0.25) is 4.79 Å². The van der Waals surface area contributed by atoms with Crippen LogP contribution in [0.4, 0.5) is 9.93 Å². The molecule has 1 aliphatic heterocycles. The number of aromatic nitrogens is 2. The molecule has 3 rings (SSSR count). The number of urea groups is 1. The number of carbonyl (C=O) groups excluding carboxylic acids is 2. The van der Waals surface area contributed by atoms with Gasteiger partial charge >= 0.3 is 6.03 Å². The minimum absolute atomic E-state index is 0.0522. The molecule has 3 amide bonds. The Morgan fingerprint density at radius 3 is 2.81 bits per heavy atom. The minimum atomic E-state index is -0.214. The van der Waals surface area contributed by atoms with Crippen LogP contribution in [-0.4, -0.2) is 59.1 Å². The van der Waals surface area contributed by atoms with Gasteiger partial charge in [0.1, 0.15) is 5.01 Å². The Balaban J connectivity index is 1.52. The number of nitrogens with one attached hydrogen (secondary N) is 1. The predicted molar refractivity (Wildman–Crippen MR) is 108 cm³/mol. The van der Waals surface area contributed by atoms with E-state index in [-0.39, 0.29) is 17.9 Å². The van der Waals surface area contributed by atoms with Crippen LogP contribution in [0.5, 0.6) is 0 Å². The number of rotatable bonds is 5. The molecule has 0 aliphatic carbocycles. The van der Waals surface area contributed by atoms with E-state index in [0.717, 1.165) is 17.8 Å². The number of carbonyl (C=O) groups is 2. The van der Waals surface area contributed by atoms with Crippen LogP contribution < -0.4 is 5.32 Å². The van der Waals surface area contributed by atoms with Gasteiger partial charge in [-0.15, -0.1) is 22.0 Å². The van der Waals surface area contributed by atoms with Crippen LogP contribution in [0, 0.1) is 5.92 Å². The Morgan fingerprint density at radius 1 is 1.30 bits per heavy atom. The molecule has 1 aromatic carbocycles. The minimum Gasteiger partial charge on any atom is -0.331 e. The lowest BCUT2D eigenvalue weighted by Gasteiger charge is -2.33. The fraction of sp³-hybridized carbons (Fsp3) is 0.444. The summed E-state index contributed by atoms with van der Waals surface area (Å²) in [4.78, 5) is 29.1. The summed E-state index contributed by atoms with van der Waals surface area (Å²) in [6.45, 7) is 1.14. The molecule has 1 atom stereocenters. The summed E-state index contributed by atoms with van der Waals surface area (Å²) in [6.07, 6.45) is 1.60. The van der Waals surface area contributed by atoms with E-state index in [9.17, 15) is 9.59 Å². The first-order valence-electron chi connectivity index (χ1n) is 8.80. The molecule has 144 valence electrons. The van der Waals surface area contributed by atoms with E-state index in [0.29, 0.717) is 24.0 Å². The van der Waals surface area contributed by atoms with E-state index in [1.807, 2.05) is 18.2 Å². The maximum Gasteiger partial charge on any atom is 0.319 e. The number of likely N-dealkylation sites (tertiary alicyclic amines) is 1. The lowest BCUT2D eigenvalue weighted by molar-refractivity contribution is -0.121.